The number of hydrogen-bond donors (Lipinski definition) is 1. The van der Waals surface area contributed by atoms with Gasteiger partial charge in [-0.3, -0.25) is 14.8 Å². The predicted octanol–water partition coefficient (Wildman–Crippen LogP) is 1.87. The number of amides is 1. The Bertz CT molecular complexity index is 969. The number of H-pyrrole nitrogens is 1. The normalized spacial score (nSPS) is 19.9. The number of hydrogen-bond acceptors (Lipinski definition) is 6. The van der Waals surface area contributed by atoms with E-state index in [1.807, 2.05) is 4.90 Å². The van der Waals surface area contributed by atoms with Crippen molar-refractivity contribution in [2.45, 2.75) is 31.8 Å². The van der Waals surface area contributed by atoms with Gasteiger partial charge < -0.3 is 9.32 Å². The van der Waals surface area contributed by atoms with Crippen LogP contribution in [0.4, 0.5) is 0 Å². The number of nitrogens with one attached hydrogen (secondary N) is 1. The van der Waals surface area contributed by atoms with Crippen LogP contribution in [0.15, 0.2) is 33.9 Å². The zero-order valence-corrected chi connectivity index (χ0v) is 19.0. The molecule has 2 aliphatic rings. The highest BCUT2D eigenvalue weighted by Gasteiger charge is 2.36. The van der Waals surface area contributed by atoms with Crippen molar-refractivity contribution in [3.63, 3.8) is 0 Å². The van der Waals surface area contributed by atoms with Crippen LogP contribution in [0.25, 0.3) is 11.5 Å². The van der Waals surface area contributed by atoms with Crippen LogP contribution in [0.5, 0.6) is 0 Å². The SMILES string of the molecule is CC(C)CN1CCN(C(=O)C2CCN(S(=O)(=O)c3ccc(-c4ccn[nH]4)o3)CC2)CC1. The number of rotatable bonds is 6. The van der Waals surface area contributed by atoms with Gasteiger partial charge in [0.25, 0.3) is 10.0 Å². The first-order valence-corrected chi connectivity index (χ1v) is 12.4. The summed E-state index contributed by atoms with van der Waals surface area (Å²) in [6, 6.07) is 4.81. The van der Waals surface area contributed by atoms with Crippen molar-refractivity contribution in [2.24, 2.45) is 11.8 Å². The van der Waals surface area contributed by atoms with Crippen LogP contribution in [0.2, 0.25) is 0 Å². The Morgan fingerprint density at radius 1 is 1.13 bits per heavy atom. The molecule has 31 heavy (non-hydrogen) atoms. The van der Waals surface area contributed by atoms with Gasteiger partial charge in [0, 0.05) is 57.9 Å². The van der Waals surface area contributed by atoms with Crippen molar-refractivity contribution < 1.29 is 17.6 Å². The highest BCUT2D eigenvalue weighted by atomic mass is 32.2. The monoisotopic (exact) mass is 449 g/mol. The molecule has 1 amide bonds. The van der Waals surface area contributed by atoms with Crippen molar-refractivity contribution in [3.8, 4) is 11.5 Å². The van der Waals surface area contributed by atoms with E-state index in [9.17, 15) is 13.2 Å². The van der Waals surface area contributed by atoms with E-state index in [0.29, 0.717) is 43.3 Å². The van der Waals surface area contributed by atoms with Crippen molar-refractivity contribution in [2.75, 3.05) is 45.8 Å². The lowest BCUT2D eigenvalue weighted by molar-refractivity contribution is -0.138. The molecule has 4 heterocycles. The molecule has 2 aromatic rings. The average Bonchev–Trinajstić information content (AvgIpc) is 3.45. The maximum absolute atomic E-state index is 13.0. The van der Waals surface area contributed by atoms with E-state index in [1.165, 1.54) is 10.4 Å². The van der Waals surface area contributed by atoms with E-state index in [1.54, 1.807) is 18.3 Å². The predicted molar refractivity (Wildman–Crippen MR) is 116 cm³/mol. The van der Waals surface area contributed by atoms with Crippen LogP contribution < -0.4 is 0 Å². The van der Waals surface area contributed by atoms with E-state index in [-0.39, 0.29) is 16.9 Å². The number of nitrogens with zero attached hydrogens (tertiary/aromatic N) is 4. The lowest BCUT2D eigenvalue weighted by Gasteiger charge is -2.38. The molecule has 0 aromatic carbocycles. The van der Waals surface area contributed by atoms with E-state index in [0.717, 1.165) is 32.7 Å². The number of piperazine rings is 1. The summed E-state index contributed by atoms with van der Waals surface area (Å²) in [6.07, 6.45) is 2.66. The van der Waals surface area contributed by atoms with E-state index < -0.39 is 10.0 Å². The first-order valence-electron chi connectivity index (χ1n) is 11.0. The molecule has 2 saturated heterocycles. The lowest BCUT2D eigenvalue weighted by atomic mass is 9.96. The maximum Gasteiger partial charge on any atom is 0.276 e. The van der Waals surface area contributed by atoms with Gasteiger partial charge in [0.2, 0.25) is 11.0 Å². The van der Waals surface area contributed by atoms with E-state index in [4.69, 9.17) is 4.42 Å². The fourth-order valence-electron chi connectivity index (χ4n) is 4.39. The van der Waals surface area contributed by atoms with Crippen LogP contribution in [0.3, 0.4) is 0 Å². The molecule has 2 aliphatic heterocycles. The molecule has 0 saturated carbocycles. The molecule has 0 aliphatic carbocycles. The number of aromatic amines is 1. The Labute approximate surface area is 183 Å². The Hall–Kier alpha value is -2.17. The minimum absolute atomic E-state index is 0.0804. The fourth-order valence-corrected chi connectivity index (χ4v) is 5.77. The van der Waals surface area contributed by atoms with Gasteiger partial charge >= 0.3 is 0 Å². The highest BCUT2D eigenvalue weighted by Crippen LogP contribution is 2.28. The summed E-state index contributed by atoms with van der Waals surface area (Å²) < 4.78 is 33.0. The molecule has 2 fully saturated rings. The molecule has 170 valence electrons. The quantitative estimate of drug-likeness (QED) is 0.722. The number of carbonyl (C=O) groups excluding carboxylic acids is 1. The minimum Gasteiger partial charge on any atom is -0.442 e. The lowest BCUT2D eigenvalue weighted by Crippen LogP contribution is -2.52. The van der Waals surface area contributed by atoms with Gasteiger partial charge in [-0.2, -0.15) is 9.40 Å². The smallest absolute Gasteiger partial charge is 0.276 e. The maximum atomic E-state index is 13.0. The number of piperidine rings is 1. The van der Waals surface area contributed by atoms with Crippen molar-refractivity contribution in [1.29, 1.82) is 0 Å². The second-order valence-electron chi connectivity index (χ2n) is 8.79. The Morgan fingerprint density at radius 2 is 1.84 bits per heavy atom. The molecular formula is C21H31N5O4S. The highest BCUT2D eigenvalue weighted by molar-refractivity contribution is 7.89. The van der Waals surface area contributed by atoms with Gasteiger partial charge in [0.1, 0.15) is 5.69 Å². The second kappa shape index (κ2) is 9.13. The summed E-state index contributed by atoms with van der Waals surface area (Å²) in [5, 5.41) is 6.54. The van der Waals surface area contributed by atoms with E-state index in [2.05, 4.69) is 28.9 Å². The van der Waals surface area contributed by atoms with Crippen molar-refractivity contribution >= 4 is 15.9 Å². The first kappa shape index (κ1) is 22.0. The minimum atomic E-state index is -3.72. The van der Waals surface area contributed by atoms with Crippen LogP contribution in [0.1, 0.15) is 26.7 Å². The third-order valence-electron chi connectivity index (χ3n) is 6.05. The Morgan fingerprint density at radius 3 is 2.45 bits per heavy atom. The molecule has 10 heteroatoms. The average molecular weight is 450 g/mol. The summed E-state index contributed by atoms with van der Waals surface area (Å²) in [7, 11) is -3.72. The van der Waals surface area contributed by atoms with Gasteiger partial charge in [-0.1, -0.05) is 13.8 Å². The molecule has 4 rings (SSSR count). The van der Waals surface area contributed by atoms with Gasteiger partial charge in [-0.25, -0.2) is 8.42 Å². The molecule has 0 spiro atoms. The fraction of sp³-hybridized carbons (Fsp3) is 0.619. The summed E-state index contributed by atoms with van der Waals surface area (Å²) in [5.41, 5.74) is 0.624. The van der Waals surface area contributed by atoms with Gasteiger partial charge in [0.05, 0.1) is 0 Å². The largest absolute Gasteiger partial charge is 0.442 e. The molecule has 2 aromatic heterocycles. The molecular weight excluding hydrogens is 418 g/mol. The molecule has 0 unspecified atom stereocenters. The number of aromatic nitrogens is 2. The van der Waals surface area contributed by atoms with Gasteiger partial charge in [0.15, 0.2) is 5.76 Å². The Balaban J connectivity index is 1.32. The molecule has 0 radical (unpaired) electrons. The third-order valence-corrected chi connectivity index (χ3v) is 7.83. The zero-order valence-electron chi connectivity index (χ0n) is 18.2. The third kappa shape index (κ3) is 4.86. The molecule has 0 atom stereocenters. The summed E-state index contributed by atoms with van der Waals surface area (Å²) in [5.74, 6) is 1.11. The number of carbonyl (C=O) groups is 1. The van der Waals surface area contributed by atoms with Crippen LogP contribution in [0, 0.1) is 11.8 Å². The van der Waals surface area contributed by atoms with Crippen LogP contribution in [-0.2, 0) is 14.8 Å². The van der Waals surface area contributed by atoms with Gasteiger partial charge in [-0.15, -0.1) is 0 Å². The van der Waals surface area contributed by atoms with Crippen LogP contribution >= 0.6 is 0 Å². The topological polar surface area (TPSA) is 103 Å². The van der Waals surface area contributed by atoms with Crippen molar-refractivity contribution in [1.82, 2.24) is 24.3 Å². The Kier molecular flexibility index (Phi) is 6.49. The molecule has 9 nitrogen and oxygen atoms in total. The second-order valence-corrected chi connectivity index (χ2v) is 10.7. The van der Waals surface area contributed by atoms with Crippen molar-refractivity contribution in [3.05, 3.63) is 24.4 Å². The summed E-state index contributed by atoms with van der Waals surface area (Å²) >= 11 is 0. The summed E-state index contributed by atoms with van der Waals surface area (Å²) in [6.45, 7) is 9.47. The zero-order chi connectivity index (χ0) is 22.0. The standard InChI is InChI=1S/C21H31N5O4S/c1-16(2)15-24-11-13-25(14-12-24)21(27)17-6-9-26(10-7-17)31(28,29)20-4-3-19(30-20)18-5-8-22-23-18/h3-5,8,16-17H,6-7,9-15H2,1-2H3,(H,22,23). The first-order chi connectivity index (χ1) is 14.8. The number of sulfonamides is 1. The summed E-state index contributed by atoms with van der Waals surface area (Å²) in [4.78, 5) is 17.3. The van der Waals surface area contributed by atoms with Gasteiger partial charge in [-0.05, 0) is 37.0 Å². The number of furan rings is 1. The van der Waals surface area contributed by atoms with E-state index >= 15 is 0 Å². The molecule has 0 bridgehead atoms. The van der Waals surface area contributed by atoms with Crippen LogP contribution in [-0.4, -0.2) is 84.4 Å². The molecule has 1 N–H and O–H groups in total.